The molecule has 0 heterocycles. The van der Waals surface area contributed by atoms with E-state index in [0.29, 0.717) is 22.9 Å². The van der Waals surface area contributed by atoms with Crippen molar-refractivity contribution in [3.8, 4) is 5.75 Å². The van der Waals surface area contributed by atoms with Crippen LogP contribution in [0.2, 0.25) is 0 Å². The third kappa shape index (κ3) is 4.44. The Labute approximate surface area is 113 Å². The maximum atomic E-state index is 12.0. The molecule has 1 unspecified atom stereocenters. The predicted molar refractivity (Wildman–Crippen MR) is 75.2 cm³/mol. The van der Waals surface area contributed by atoms with E-state index in [9.17, 15) is 9.90 Å². The average molecular weight is 266 g/mol. The van der Waals surface area contributed by atoms with Gasteiger partial charge in [0.25, 0.3) is 5.91 Å². The van der Waals surface area contributed by atoms with Crippen molar-refractivity contribution in [2.24, 2.45) is 5.92 Å². The Morgan fingerprint density at radius 1 is 1.47 bits per heavy atom. The van der Waals surface area contributed by atoms with E-state index in [1.54, 1.807) is 18.2 Å². The summed E-state index contributed by atoms with van der Waals surface area (Å²) in [5.41, 5.74) is 6.63. The lowest BCUT2D eigenvalue weighted by atomic mass is 10.0. The molecular weight excluding hydrogens is 244 g/mol. The van der Waals surface area contributed by atoms with Crippen LogP contribution in [0.15, 0.2) is 18.2 Å². The molecule has 1 aromatic carbocycles. The summed E-state index contributed by atoms with van der Waals surface area (Å²) < 4.78 is 5.04. The van der Waals surface area contributed by atoms with Crippen LogP contribution in [-0.2, 0) is 0 Å². The zero-order valence-corrected chi connectivity index (χ0v) is 11.6. The van der Waals surface area contributed by atoms with Crippen LogP contribution < -0.4 is 15.8 Å². The molecule has 0 aliphatic carbocycles. The first-order valence-electron chi connectivity index (χ1n) is 6.33. The number of anilines is 1. The van der Waals surface area contributed by atoms with Crippen LogP contribution in [0.3, 0.4) is 0 Å². The van der Waals surface area contributed by atoms with Crippen molar-refractivity contribution < 1.29 is 14.6 Å². The van der Waals surface area contributed by atoms with Crippen molar-refractivity contribution in [2.75, 3.05) is 19.5 Å². The molecule has 0 bridgehead atoms. The van der Waals surface area contributed by atoms with Crippen LogP contribution in [-0.4, -0.2) is 30.8 Å². The smallest absolute Gasteiger partial charge is 0.251 e. The average Bonchev–Trinajstić information content (AvgIpc) is 2.37. The van der Waals surface area contributed by atoms with Gasteiger partial charge in [-0.2, -0.15) is 0 Å². The molecule has 1 amide bonds. The largest absolute Gasteiger partial charge is 0.495 e. The highest BCUT2D eigenvalue weighted by molar-refractivity contribution is 5.95. The summed E-state index contributed by atoms with van der Waals surface area (Å²) in [6.45, 7) is 4.01. The molecule has 5 heteroatoms. The number of carbonyl (C=O) groups excluding carboxylic acids is 1. The van der Waals surface area contributed by atoms with Gasteiger partial charge in [-0.3, -0.25) is 4.79 Å². The fraction of sp³-hybridized carbons (Fsp3) is 0.500. The highest BCUT2D eigenvalue weighted by Gasteiger charge is 2.15. The Kier molecular flexibility index (Phi) is 5.63. The number of ether oxygens (including phenoxy) is 1. The first-order chi connectivity index (χ1) is 8.97. The second-order valence-electron chi connectivity index (χ2n) is 4.94. The lowest BCUT2D eigenvalue weighted by molar-refractivity contribution is 0.0908. The number of nitrogen functional groups attached to an aromatic ring is 1. The van der Waals surface area contributed by atoms with Gasteiger partial charge in [-0.15, -0.1) is 0 Å². The van der Waals surface area contributed by atoms with E-state index in [1.807, 2.05) is 13.8 Å². The number of aliphatic hydroxyl groups excluding tert-OH is 1. The molecule has 0 fully saturated rings. The molecule has 0 saturated carbocycles. The van der Waals surface area contributed by atoms with Crippen LogP contribution in [0.25, 0.3) is 0 Å². The number of hydrogen-bond acceptors (Lipinski definition) is 4. The van der Waals surface area contributed by atoms with Crippen molar-refractivity contribution in [1.82, 2.24) is 5.32 Å². The Hall–Kier alpha value is -1.75. The molecule has 1 aromatic rings. The number of amides is 1. The predicted octanol–water partition coefficient (Wildman–Crippen LogP) is 1.41. The highest BCUT2D eigenvalue weighted by atomic mass is 16.5. The maximum Gasteiger partial charge on any atom is 0.251 e. The molecule has 0 radical (unpaired) electrons. The second-order valence-corrected chi connectivity index (χ2v) is 4.94. The molecule has 5 nitrogen and oxygen atoms in total. The number of nitrogens with two attached hydrogens (primary N) is 1. The van der Waals surface area contributed by atoms with Gasteiger partial charge >= 0.3 is 0 Å². The molecule has 0 saturated heterocycles. The molecule has 4 N–H and O–H groups in total. The van der Waals surface area contributed by atoms with Gasteiger partial charge in [0.15, 0.2) is 0 Å². The number of carbonyl (C=O) groups is 1. The van der Waals surface area contributed by atoms with Crippen molar-refractivity contribution in [3.63, 3.8) is 0 Å². The van der Waals surface area contributed by atoms with E-state index < -0.39 is 0 Å². The summed E-state index contributed by atoms with van der Waals surface area (Å²) in [7, 11) is 1.52. The Morgan fingerprint density at radius 3 is 2.63 bits per heavy atom. The van der Waals surface area contributed by atoms with Gasteiger partial charge in [0.1, 0.15) is 5.75 Å². The van der Waals surface area contributed by atoms with Gasteiger partial charge in [-0.1, -0.05) is 13.8 Å². The van der Waals surface area contributed by atoms with Crippen molar-refractivity contribution in [2.45, 2.75) is 26.3 Å². The van der Waals surface area contributed by atoms with E-state index >= 15 is 0 Å². The van der Waals surface area contributed by atoms with Crippen LogP contribution in [0, 0.1) is 5.92 Å². The van der Waals surface area contributed by atoms with Crippen molar-refractivity contribution in [3.05, 3.63) is 23.8 Å². The van der Waals surface area contributed by atoms with Gasteiger partial charge in [0.2, 0.25) is 0 Å². The Morgan fingerprint density at radius 2 is 2.16 bits per heavy atom. The normalized spacial score (nSPS) is 12.3. The third-order valence-electron chi connectivity index (χ3n) is 2.80. The van der Waals surface area contributed by atoms with Crippen LogP contribution in [0.4, 0.5) is 5.69 Å². The van der Waals surface area contributed by atoms with Crippen molar-refractivity contribution in [1.29, 1.82) is 0 Å². The van der Waals surface area contributed by atoms with Gasteiger partial charge in [0, 0.05) is 5.56 Å². The second kappa shape index (κ2) is 6.99. The molecule has 106 valence electrons. The molecule has 0 spiro atoms. The van der Waals surface area contributed by atoms with Gasteiger partial charge in [0.05, 0.1) is 25.4 Å². The van der Waals surface area contributed by atoms with Gasteiger partial charge < -0.3 is 20.9 Å². The standard InChI is InChI=1S/C14H22N2O3/c1-9(2)6-11(8-17)16-14(18)10-4-5-13(19-3)12(15)7-10/h4-5,7,9,11,17H,6,8,15H2,1-3H3,(H,16,18). The lowest BCUT2D eigenvalue weighted by Gasteiger charge is -2.18. The van der Waals surface area contributed by atoms with Crippen LogP contribution in [0.5, 0.6) is 5.75 Å². The molecule has 1 rings (SSSR count). The van der Waals surface area contributed by atoms with E-state index in [-0.39, 0.29) is 18.6 Å². The lowest BCUT2D eigenvalue weighted by Crippen LogP contribution is -2.38. The summed E-state index contributed by atoms with van der Waals surface area (Å²) in [5, 5.41) is 12.0. The van der Waals surface area contributed by atoms with Crippen LogP contribution >= 0.6 is 0 Å². The van der Waals surface area contributed by atoms with Crippen LogP contribution in [0.1, 0.15) is 30.6 Å². The van der Waals surface area contributed by atoms with E-state index in [4.69, 9.17) is 10.5 Å². The number of methoxy groups -OCH3 is 1. The van der Waals surface area contributed by atoms with E-state index in [2.05, 4.69) is 5.32 Å². The van der Waals surface area contributed by atoms with Crippen molar-refractivity contribution >= 4 is 11.6 Å². The maximum absolute atomic E-state index is 12.0. The number of hydrogen-bond donors (Lipinski definition) is 3. The SMILES string of the molecule is COc1ccc(C(=O)NC(CO)CC(C)C)cc1N. The Bertz CT molecular complexity index is 433. The zero-order chi connectivity index (χ0) is 14.4. The third-order valence-corrected chi connectivity index (χ3v) is 2.80. The minimum Gasteiger partial charge on any atom is -0.495 e. The first kappa shape index (κ1) is 15.3. The quantitative estimate of drug-likeness (QED) is 0.680. The summed E-state index contributed by atoms with van der Waals surface area (Å²) in [6.07, 6.45) is 0.730. The number of benzene rings is 1. The summed E-state index contributed by atoms with van der Waals surface area (Å²) in [6, 6.07) is 4.63. The van der Waals surface area contributed by atoms with Gasteiger partial charge in [-0.05, 0) is 30.5 Å². The fourth-order valence-electron chi connectivity index (χ4n) is 1.89. The number of rotatable bonds is 6. The summed E-state index contributed by atoms with van der Waals surface area (Å²) >= 11 is 0. The van der Waals surface area contributed by atoms with E-state index in [0.717, 1.165) is 6.42 Å². The fourth-order valence-corrected chi connectivity index (χ4v) is 1.89. The minimum atomic E-state index is -0.242. The molecule has 19 heavy (non-hydrogen) atoms. The molecule has 0 aromatic heterocycles. The highest BCUT2D eigenvalue weighted by Crippen LogP contribution is 2.21. The first-order valence-corrected chi connectivity index (χ1v) is 6.33. The minimum absolute atomic E-state index is 0.0739. The number of nitrogens with one attached hydrogen (secondary N) is 1. The molecule has 0 aliphatic heterocycles. The Balaban J connectivity index is 2.74. The zero-order valence-electron chi connectivity index (χ0n) is 11.6. The number of aliphatic hydroxyl groups is 1. The monoisotopic (exact) mass is 266 g/mol. The molecule has 0 aliphatic rings. The topological polar surface area (TPSA) is 84.6 Å². The summed E-state index contributed by atoms with van der Waals surface area (Å²) in [5.74, 6) is 0.699. The molecular formula is C14H22N2O3. The molecule has 1 atom stereocenters. The van der Waals surface area contributed by atoms with Gasteiger partial charge in [-0.25, -0.2) is 0 Å². The van der Waals surface area contributed by atoms with E-state index in [1.165, 1.54) is 7.11 Å². The summed E-state index contributed by atoms with van der Waals surface area (Å²) in [4.78, 5) is 12.0.